The van der Waals surface area contributed by atoms with Crippen LogP contribution in [0.2, 0.25) is 0 Å². The number of hydrogen-bond acceptors (Lipinski definition) is 2. The van der Waals surface area contributed by atoms with Gasteiger partial charge in [-0.2, -0.15) is 0 Å². The molecule has 0 aromatic rings. The van der Waals surface area contributed by atoms with Crippen LogP contribution in [0.3, 0.4) is 0 Å². The van der Waals surface area contributed by atoms with Gasteiger partial charge >= 0.3 is 8.56 Å². The van der Waals surface area contributed by atoms with Crippen molar-refractivity contribution in [2.75, 3.05) is 13.2 Å². The van der Waals surface area contributed by atoms with Crippen molar-refractivity contribution in [3.8, 4) is 22.9 Å². The molecule has 0 amide bonds. The van der Waals surface area contributed by atoms with E-state index in [-0.39, 0.29) is 0 Å². The van der Waals surface area contributed by atoms with E-state index in [1.165, 1.54) is 0 Å². The summed E-state index contributed by atoms with van der Waals surface area (Å²) in [4.78, 5) is 0. The zero-order valence-corrected chi connectivity index (χ0v) is 12.6. The van der Waals surface area contributed by atoms with Gasteiger partial charge in [0.25, 0.3) is 0 Å². The molecule has 0 bridgehead atoms. The molecule has 0 atom stereocenters. The van der Waals surface area contributed by atoms with Gasteiger partial charge in [-0.05, 0) is 12.8 Å². The fourth-order valence-corrected chi connectivity index (χ4v) is 3.36. The van der Waals surface area contributed by atoms with Gasteiger partial charge < -0.3 is 8.85 Å². The summed E-state index contributed by atoms with van der Waals surface area (Å²) in [5.74, 6) is 6.15. The zero-order valence-electron chi connectivity index (χ0n) is 11.6. The van der Waals surface area contributed by atoms with E-state index >= 15 is 0 Å². The predicted molar refractivity (Wildman–Crippen MR) is 74.4 cm³/mol. The first-order valence-corrected chi connectivity index (χ1v) is 8.34. The molecule has 0 saturated carbocycles. The van der Waals surface area contributed by atoms with Crippen molar-refractivity contribution in [2.24, 2.45) is 0 Å². The molecule has 0 aliphatic carbocycles. The van der Waals surface area contributed by atoms with E-state index in [9.17, 15) is 0 Å². The van der Waals surface area contributed by atoms with Crippen LogP contribution < -0.4 is 0 Å². The van der Waals surface area contributed by atoms with Gasteiger partial charge in [-0.1, -0.05) is 38.8 Å². The molecular formula is C14H24O2Si. The minimum Gasteiger partial charge on any atom is -0.376 e. The van der Waals surface area contributed by atoms with Crippen molar-refractivity contribution in [1.29, 1.82) is 0 Å². The molecule has 0 N–H and O–H groups in total. The number of hydrogen-bond donors (Lipinski definition) is 0. The van der Waals surface area contributed by atoms with Crippen LogP contribution in [0.15, 0.2) is 0 Å². The van der Waals surface area contributed by atoms with Crippen molar-refractivity contribution in [2.45, 2.75) is 53.4 Å². The molecule has 0 heterocycles. The standard InChI is InChI=1S/C14H24O2Si/c1-5-9-13-17(14-10-6-2,15-11-7-3)16-12-8-4/h5-8,11-12H2,1-4H3. The summed E-state index contributed by atoms with van der Waals surface area (Å²) in [6, 6.07) is 0. The molecule has 0 aromatic heterocycles. The van der Waals surface area contributed by atoms with Gasteiger partial charge in [-0.3, -0.25) is 0 Å². The monoisotopic (exact) mass is 252 g/mol. The van der Waals surface area contributed by atoms with E-state index in [4.69, 9.17) is 8.85 Å². The third-order valence-electron chi connectivity index (χ3n) is 1.88. The Bertz CT molecular complexity index is 272. The van der Waals surface area contributed by atoms with Crippen molar-refractivity contribution < 1.29 is 8.85 Å². The van der Waals surface area contributed by atoms with E-state index in [1.54, 1.807) is 0 Å². The molecule has 0 aliphatic rings. The summed E-state index contributed by atoms with van der Waals surface area (Å²) in [7, 11) is -2.60. The second kappa shape index (κ2) is 10.4. The largest absolute Gasteiger partial charge is 0.510 e. The van der Waals surface area contributed by atoms with Crippen molar-refractivity contribution in [1.82, 2.24) is 0 Å². The molecule has 0 radical (unpaired) electrons. The van der Waals surface area contributed by atoms with E-state index in [0.29, 0.717) is 13.2 Å². The Hall–Kier alpha value is -0.743. The zero-order chi connectivity index (χ0) is 13.0. The maximum Gasteiger partial charge on any atom is 0.510 e. The SMILES string of the molecule is CCC#C[Si](C#CCC)(OCCC)OCCC. The highest BCUT2D eigenvalue weighted by atomic mass is 28.4. The third kappa shape index (κ3) is 7.23. The summed E-state index contributed by atoms with van der Waals surface area (Å²) < 4.78 is 11.7. The summed E-state index contributed by atoms with van der Waals surface area (Å²) >= 11 is 0. The van der Waals surface area contributed by atoms with E-state index in [2.05, 4.69) is 36.8 Å². The second-order valence-electron chi connectivity index (χ2n) is 3.62. The summed E-state index contributed by atoms with van der Waals surface area (Å²) in [5.41, 5.74) is 6.32. The maximum absolute atomic E-state index is 5.85. The van der Waals surface area contributed by atoms with Gasteiger partial charge in [0.2, 0.25) is 0 Å². The predicted octanol–water partition coefficient (Wildman–Crippen LogP) is 3.19. The highest BCUT2D eigenvalue weighted by molar-refractivity contribution is 6.83. The van der Waals surface area contributed by atoms with Gasteiger partial charge in [-0.15, -0.1) is 11.8 Å². The molecule has 0 rings (SSSR count). The fraction of sp³-hybridized carbons (Fsp3) is 0.714. The van der Waals surface area contributed by atoms with Crippen LogP contribution in [-0.2, 0) is 8.85 Å². The molecule has 96 valence electrons. The second-order valence-corrected chi connectivity index (χ2v) is 5.93. The lowest BCUT2D eigenvalue weighted by Crippen LogP contribution is -2.41. The highest BCUT2D eigenvalue weighted by Gasteiger charge is 2.34. The average molecular weight is 252 g/mol. The van der Waals surface area contributed by atoms with Crippen molar-refractivity contribution in [3.63, 3.8) is 0 Å². The molecule has 0 spiro atoms. The van der Waals surface area contributed by atoms with Gasteiger partial charge in [0.1, 0.15) is 0 Å². The average Bonchev–Trinajstić information content (AvgIpc) is 2.37. The third-order valence-corrected chi connectivity index (χ3v) is 4.11. The molecule has 2 nitrogen and oxygen atoms in total. The molecule has 0 saturated heterocycles. The minimum atomic E-state index is -2.60. The Morgan fingerprint density at radius 2 is 1.18 bits per heavy atom. The van der Waals surface area contributed by atoms with Crippen LogP contribution in [-0.4, -0.2) is 21.8 Å². The van der Waals surface area contributed by atoms with Crippen molar-refractivity contribution >= 4 is 8.56 Å². The molecule has 0 aliphatic heterocycles. The molecule has 0 unspecified atom stereocenters. The first-order chi connectivity index (χ1) is 8.24. The first-order valence-electron chi connectivity index (χ1n) is 6.52. The molecular weight excluding hydrogens is 228 g/mol. The quantitative estimate of drug-likeness (QED) is 0.534. The number of rotatable bonds is 6. The smallest absolute Gasteiger partial charge is 0.376 e. The van der Waals surface area contributed by atoms with E-state index in [0.717, 1.165) is 25.7 Å². The lowest BCUT2D eigenvalue weighted by atomic mass is 10.5. The van der Waals surface area contributed by atoms with Crippen LogP contribution in [0.4, 0.5) is 0 Å². The Kier molecular flexibility index (Phi) is 9.96. The normalized spacial score (nSPS) is 10.1. The Labute approximate surface area is 107 Å². The maximum atomic E-state index is 5.85. The van der Waals surface area contributed by atoms with Gasteiger partial charge in [-0.25, -0.2) is 0 Å². The molecule has 0 fully saturated rings. The first kappa shape index (κ1) is 16.3. The van der Waals surface area contributed by atoms with Crippen LogP contribution in [0, 0.1) is 22.9 Å². The van der Waals surface area contributed by atoms with Gasteiger partial charge in [0.05, 0.1) is 0 Å². The summed E-state index contributed by atoms with van der Waals surface area (Å²) in [6.45, 7) is 9.57. The highest BCUT2D eigenvalue weighted by Crippen LogP contribution is 2.07. The summed E-state index contributed by atoms with van der Waals surface area (Å²) in [6.07, 6.45) is 3.55. The Morgan fingerprint density at radius 3 is 1.47 bits per heavy atom. The molecule has 0 aromatic carbocycles. The van der Waals surface area contributed by atoms with E-state index < -0.39 is 8.56 Å². The Balaban J connectivity index is 4.90. The van der Waals surface area contributed by atoms with Crippen molar-refractivity contribution in [3.05, 3.63) is 0 Å². The lowest BCUT2D eigenvalue weighted by Gasteiger charge is -2.19. The van der Waals surface area contributed by atoms with Crippen LogP contribution >= 0.6 is 0 Å². The van der Waals surface area contributed by atoms with Gasteiger partial charge in [0.15, 0.2) is 0 Å². The van der Waals surface area contributed by atoms with Crippen LogP contribution in [0.25, 0.3) is 0 Å². The summed E-state index contributed by atoms with van der Waals surface area (Å²) in [5, 5.41) is 0. The fourth-order valence-electron chi connectivity index (χ4n) is 1.12. The topological polar surface area (TPSA) is 18.5 Å². The molecule has 3 heteroatoms. The van der Waals surface area contributed by atoms with Crippen LogP contribution in [0.5, 0.6) is 0 Å². The molecule has 17 heavy (non-hydrogen) atoms. The van der Waals surface area contributed by atoms with E-state index in [1.807, 2.05) is 13.8 Å². The van der Waals surface area contributed by atoms with Gasteiger partial charge in [0, 0.05) is 26.1 Å². The Morgan fingerprint density at radius 1 is 0.765 bits per heavy atom. The lowest BCUT2D eigenvalue weighted by molar-refractivity contribution is 0.193. The van der Waals surface area contributed by atoms with Crippen LogP contribution in [0.1, 0.15) is 53.4 Å². The minimum absolute atomic E-state index is 0.673.